The van der Waals surface area contributed by atoms with Gasteiger partial charge in [-0.3, -0.25) is 4.79 Å². The van der Waals surface area contributed by atoms with E-state index in [9.17, 15) is 15.2 Å². The van der Waals surface area contributed by atoms with E-state index in [4.69, 9.17) is 9.97 Å². The third-order valence-electron chi connectivity index (χ3n) is 9.10. The highest BCUT2D eigenvalue weighted by Crippen LogP contribution is 2.39. The Morgan fingerprint density at radius 2 is 2.00 bits per heavy atom. The second kappa shape index (κ2) is 10.6. The van der Waals surface area contributed by atoms with Crippen LogP contribution in [0.5, 0.6) is 5.75 Å². The normalized spacial score (nSPS) is 22.6. The average molecular weight is 543 g/mol. The molecule has 0 saturated carbocycles. The van der Waals surface area contributed by atoms with Crippen molar-refractivity contribution in [1.82, 2.24) is 19.8 Å². The first-order valence-electron chi connectivity index (χ1n) is 14.3. The van der Waals surface area contributed by atoms with Crippen LogP contribution in [0.1, 0.15) is 29.7 Å². The zero-order valence-electron chi connectivity index (χ0n) is 23.5. The fourth-order valence-electron chi connectivity index (χ4n) is 6.69. The van der Waals surface area contributed by atoms with Crippen LogP contribution < -0.4 is 14.7 Å². The van der Waals surface area contributed by atoms with Crippen molar-refractivity contribution in [1.29, 1.82) is 5.26 Å². The van der Waals surface area contributed by atoms with E-state index in [1.807, 2.05) is 12.1 Å². The highest BCUT2D eigenvalue weighted by Gasteiger charge is 2.37. The van der Waals surface area contributed by atoms with E-state index < -0.39 is 0 Å². The second-order valence-corrected chi connectivity index (χ2v) is 11.6. The maximum Gasteiger partial charge on any atom is 0.246 e. The number of phenols is 1. The van der Waals surface area contributed by atoms with Gasteiger partial charge in [-0.25, -0.2) is 4.98 Å². The van der Waals surface area contributed by atoms with Crippen molar-refractivity contribution in [3.63, 3.8) is 0 Å². The predicted molar refractivity (Wildman–Crippen MR) is 155 cm³/mol. The van der Waals surface area contributed by atoms with Gasteiger partial charge < -0.3 is 29.6 Å². The van der Waals surface area contributed by atoms with Crippen LogP contribution in [0.15, 0.2) is 30.9 Å². The van der Waals surface area contributed by atoms with Crippen LogP contribution in [0.3, 0.4) is 0 Å². The summed E-state index contributed by atoms with van der Waals surface area (Å²) >= 11 is 0. The Kier molecular flexibility index (Phi) is 7.00. The number of aromatic hydroxyl groups is 1. The van der Waals surface area contributed by atoms with Crippen LogP contribution in [-0.4, -0.2) is 102 Å². The summed E-state index contributed by atoms with van der Waals surface area (Å²) in [6.07, 6.45) is 5.29. The van der Waals surface area contributed by atoms with Gasteiger partial charge in [0.1, 0.15) is 11.6 Å². The summed E-state index contributed by atoms with van der Waals surface area (Å²) in [5.74, 6) is 1.91. The molecule has 2 aromatic rings. The Hall–Kier alpha value is -3.84. The number of hydrogen-bond acceptors (Lipinski definition) is 9. The summed E-state index contributed by atoms with van der Waals surface area (Å²) in [6, 6.07) is 8.58. The van der Waals surface area contributed by atoms with Gasteiger partial charge in [0.15, 0.2) is 0 Å². The third-order valence-corrected chi connectivity index (χ3v) is 9.10. The highest BCUT2D eigenvalue weighted by atomic mass is 16.3. The molecule has 1 N–H and O–H groups in total. The number of fused-ring (bicyclic) bond motifs is 2. The van der Waals surface area contributed by atoms with Gasteiger partial charge in [0.05, 0.1) is 24.2 Å². The number of likely N-dealkylation sites (N-methyl/N-ethyl adjacent to an activating group) is 1. The van der Waals surface area contributed by atoms with Gasteiger partial charge in [0.2, 0.25) is 11.9 Å². The molecule has 0 spiro atoms. The Bertz CT molecular complexity index is 1350. The molecule has 2 fully saturated rings. The standard InChI is InChI=1S/C30H38N8O2/c1-4-28(40)38-14-13-35(17-22(38)9-11-31)29-25-8-6-21(37-12-10-20-5-7-24(39)16-27(20)37)15-26(25)32-30(33-29)36-18-23(19-36)34(2)3/h4-5,7,16,21-23,39H,1,6,8-10,12-15,17-19H2,2-3H3/t21?,22-/m0/s1. The highest BCUT2D eigenvalue weighted by molar-refractivity contribution is 5.87. The molecule has 2 atom stereocenters. The lowest BCUT2D eigenvalue weighted by Crippen LogP contribution is -2.58. The molecule has 6 rings (SSSR count). The zero-order valence-corrected chi connectivity index (χ0v) is 23.5. The first-order chi connectivity index (χ1) is 19.4. The van der Waals surface area contributed by atoms with E-state index in [0.29, 0.717) is 37.5 Å². The lowest BCUT2D eigenvalue weighted by molar-refractivity contribution is -0.128. The Morgan fingerprint density at radius 1 is 1.18 bits per heavy atom. The minimum atomic E-state index is -0.203. The molecule has 2 saturated heterocycles. The Labute approximate surface area is 236 Å². The van der Waals surface area contributed by atoms with Crippen molar-refractivity contribution >= 4 is 23.4 Å². The molecule has 210 valence electrons. The van der Waals surface area contributed by atoms with Crippen LogP contribution in [0.25, 0.3) is 0 Å². The van der Waals surface area contributed by atoms with Crippen molar-refractivity contribution in [2.45, 2.75) is 50.2 Å². The number of nitrogens with zero attached hydrogens (tertiary/aromatic N) is 8. The number of nitriles is 1. The molecule has 1 aliphatic carbocycles. The molecule has 40 heavy (non-hydrogen) atoms. The molecule has 1 amide bonds. The van der Waals surface area contributed by atoms with E-state index in [1.54, 1.807) is 11.0 Å². The number of phenolic OH excluding ortho intramolecular Hbond substituents is 1. The molecule has 1 aromatic heterocycles. The van der Waals surface area contributed by atoms with Crippen molar-refractivity contribution in [3.05, 3.63) is 47.7 Å². The largest absolute Gasteiger partial charge is 0.508 e. The van der Waals surface area contributed by atoms with E-state index in [-0.39, 0.29) is 18.4 Å². The van der Waals surface area contributed by atoms with Gasteiger partial charge in [0.25, 0.3) is 0 Å². The number of carbonyl (C=O) groups is 1. The number of amides is 1. The van der Waals surface area contributed by atoms with Crippen LogP contribution in [0.2, 0.25) is 0 Å². The summed E-state index contributed by atoms with van der Waals surface area (Å²) < 4.78 is 0. The van der Waals surface area contributed by atoms with Gasteiger partial charge in [0, 0.05) is 75.1 Å². The fraction of sp³-hybridized carbons (Fsp3) is 0.533. The molecular formula is C30H38N8O2. The van der Waals surface area contributed by atoms with Crippen LogP contribution >= 0.6 is 0 Å². The molecule has 10 nitrogen and oxygen atoms in total. The molecule has 1 unspecified atom stereocenters. The quantitative estimate of drug-likeness (QED) is 0.549. The SMILES string of the molecule is C=CC(=O)N1CCN(c2nc(N3CC(N(C)C)C3)nc3c2CCC(N2CCc4ccc(O)cc42)C3)C[C@@H]1CC#N. The number of hydrogen-bond donors (Lipinski definition) is 1. The van der Waals surface area contributed by atoms with Crippen molar-refractivity contribution in [2.75, 3.05) is 68.1 Å². The molecule has 1 aromatic carbocycles. The third kappa shape index (κ3) is 4.73. The first kappa shape index (κ1) is 26.4. The second-order valence-electron chi connectivity index (χ2n) is 11.6. The monoisotopic (exact) mass is 542 g/mol. The van der Waals surface area contributed by atoms with Crippen molar-refractivity contribution < 1.29 is 9.90 Å². The van der Waals surface area contributed by atoms with E-state index in [0.717, 1.165) is 68.5 Å². The maximum absolute atomic E-state index is 12.5. The minimum Gasteiger partial charge on any atom is -0.508 e. The van der Waals surface area contributed by atoms with Gasteiger partial charge in [-0.2, -0.15) is 10.2 Å². The fourth-order valence-corrected chi connectivity index (χ4v) is 6.69. The van der Waals surface area contributed by atoms with Gasteiger partial charge in [-0.1, -0.05) is 12.6 Å². The topological polar surface area (TPSA) is 103 Å². The Morgan fingerprint density at radius 3 is 2.75 bits per heavy atom. The predicted octanol–water partition coefficient (Wildman–Crippen LogP) is 1.97. The molecule has 0 radical (unpaired) electrons. The minimum absolute atomic E-state index is 0.125. The zero-order chi connectivity index (χ0) is 28.0. The Balaban J connectivity index is 1.31. The summed E-state index contributed by atoms with van der Waals surface area (Å²) in [6.45, 7) is 8.16. The van der Waals surface area contributed by atoms with Crippen LogP contribution in [-0.2, 0) is 24.1 Å². The van der Waals surface area contributed by atoms with Gasteiger partial charge >= 0.3 is 0 Å². The van der Waals surface area contributed by atoms with Crippen molar-refractivity contribution in [2.24, 2.45) is 0 Å². The number of aromatic nitrogens is 2. The van der Waals surface area contributed by atoms with Crippen LogP contribution in [0.4, 0.5) is 17.5 Å². The maximum atomic E-state index is 12.5. The van der Waals surface area contributed by atoms with Crippen LogP contribution in [0, 0.1) is 11.3 Å². The lowest BCUT2D eigenvalue weighted by atomic mass is 9.90. The number of anilines is 3. The molecular weight excluding hydrogens is 504 g/mol. The van der Waals surface area contributed by atoms with Gasteiger partial charge in [-0.15, -0.1) is 0 Å². The van der Waals surface area contributed by atoms with E-state index in [1.165, 1.54) is 17.2 Å². The van der Waals surface area contributed by atoms with Gasteiger partial charge in [-0.05, 0) is 51.1 Å². The van der Waals surface area contributed by atoms with E-state index in [2.05, 4.69) is 46.3 Å². The summed E-state index contributed by atoms with van der Waals surface area (Å²) in [7, 11) is 4.22. The number of piperazine rings is 1. The van der Waals surface area contributed by atoms with E-state index >= 15 is 0 Å². The smallest absolute Gasteiger partial charge is 0.246 e. The average Bonchev–Trinajstić information content (AvgIpc) is 3.34. The van der Waals surface area contributed by atoms with Crippen molar-refractivity contribution in [3.8, 4) is 11.8 Å². The molecule has 0 bridgehead atoms. The first-order valence-corrected chi connectivity index (χ1v) is 14.3. The molecule has 10 heteroatoms. The summed E-state index contributed by atoms with van der Waals surface area (Å²) in [5.41, 5.74) is 4.72. The number of carbonyl (C=O) groups excluding carboxylic acids is 1. The lowest BCUT2D eigenvalue weighted by Gasteiger charge is -2.45. The summed E-state index contributed by atoms with van der Waals surface area (Å²) in [4.78, 5) is 33.8. The molecule has 4 aliphatic rings. The number of benzene rings is 1. The molecule has 3 aliphatic heterocycles. The number of rotatable bonds is 6. The molecule has 4 heterocycles. The summed E-state index contributed by atoms with van der Waals surface area (Å²) in [5, 5.41) is 19.7.